The highest BCUT2D eigenvalue weighted by atomic mass is 32.2. The highest BCUT2D eigenvalue weighted by Gasteiger charge is 2.23. The molecule has 1 saturated heterocycles. The number of carbonyl (C=O) groups is 1. The van der Waals surface area contributed by atoms with Gasteiger partial charge in [0.2, 0.25) is 0 Å². The fourth-order valence-electron chi connectivity index (χ4n) is 1.67. The SMILES string of the molecule is O=C(c1c(O)cccc1O)N1CCSCC1. The lowest BCUT2D eigenvalue weighted by Crippen LogP contribution is -2.37. The highest BCUT2D eigenvalue weighted by molar-refractivity contribution is 7.99. The minimum absolute atomic E-state index is 0.00870. The van der Waals surface area contributed by atoms with Gasteiger partial charge >= 0.3 is 0 Å². The van der Waals surface area contributed by atoms with Crippen molar-refractivity contribution >= 4 is 17.7 Å². The molecule has 86 valence electrons. The van der Waals surface area contributed by atoms with Crippen LogP contribution in [0, 0.1) is 0 Å². The monoisotopic (exact) mass is 239 g/mol. The van der Waals surface area contributed by atoms with E-state index in [0.717, 1.165) is 11.5 Å². The van der Waals surface area contributed by atoms with Crippen LogP contribution in [0.4, 0.5) is 0 Å². The Morgan fingerprint density at radius 3 is 2.31 bits per heavy atom. The van der Waals surface area contributed by atoms with Gasteiger partial charge in [-0.15, -0.1) is 0 Å². The second-order valence-corrected chi connectivity index (χ2v) is 4.80. The molecule has 2 N–H and O–H groups in total. The third kappa shape index (κ3) is 2.09. The van der Waals surface area contributed by atoms with Crippen LogP contribution in [0.1, 0.15) is 10.4 Å². The lowest BCUT2D eigenvalue weighted by Gasteiger charge is -2.26. The molecule has 0 bridgehead atoms. The number of benzene rings is 1. The number of hydrogen-bond donors (Lipinski definition) is 2. The van der Waals surface area contributed by atoms with Gasteiger partial charge in [-0.2, -0.15) is 11.8 Å². The maximum absolute atomic E-state index is 12.0. The molecule has 16 heavy (non-hydrogen) atoms. The quantitative estimate of drug-likeness (QED) is 0.775. The van der Waals surface area contributed by atoms with Crippen molar-refractivity contribution in [1.82, 2.24) is 4.90 Å². The summed E-state index contributed by atoms with van der Waals surface area (Å²) in [6.45, 7) is 1.33. The average molecular weight is 239 g/mol. The first-order chi connectivity index (χ1) is 7.70. The van der Waals surface area contributed by atoms with Crippen molar-refractivity contribution in [3.63, 3.8) is 0 Å². The molecule has 0 unspecified atom stereocenters. The van der Waals surface area contributed by atoms with E-state index in [0.29, 0.717) is 13.1 Å². The number of phenolic OH excluding ortho intramolecular Hbond substituents is 2. The van der Waals surface area contributed by atoms with Crippen molar-refractivity contribution in [2.45, 2.75) is 0 Å². The van der Waals surface area contributed by atoms with Gasteiger partial charge in [0.25, 0.3) is 5.91 Å². The van der Waals surface area contributed by atoms with Crippen molar-refractivity contribution in [3.8, 4) is 11.5 Å². The molecular formula is C11H13NO3S. The van der Waals surface area contributed by atoms with Crippen LogP contribution in [0.25, 0.3) is 0 Å². The molecule has 0 aromatic heterocycles. The summed E-state index contributed by atoms with van der Waals surface area (Å²) in [5.74, 6) is 1.18. The fourth-order valence-corrected chi connectivity index (χ4v) is 2.58. The van der Waals surface area contributed by atoms with E-state index >= 15 is 0 Å². The second-order valence-electron chi connectivity index (χ2n) is 3.58. The molecule has 1 amide bonds. The Morgan fingerprint density at radius 1 is 1.19 bits per heavy atom. The summed E-state index contributed by atoms with van der Waals surface area (Å²) in [5.41, 5.74) is 0.00870. The maximum Gasteiger partial charge on any atom is 0.261 e. The topological polar surface area (TPSA) is 60.8 Å². The van der Waals surface area contributed by atoms with Crippen molar-refractivity contribution in [1.29, 1.82) is 0 Å². The number of phenols is 2. The van der Waals surface area contributed by atoms with E-state index in [1.165, 1.54) is 18.2 Å². The Labute approximate surface area is 97.9 Å². The molecule has 0 saturated carbocycles. The molecule has 0 atom stereocenters. The molecule has 1 aliphatic heterocycles. The average Bonchev–Trinajstić information content (AvgIpc) is 2.30. The van der Waals surface area contributed by atoms with Gasteiger partial charge in [0.15, 0.2) is 0 Å². The predicted octanol–water partition coefficient (Wildman–Crippen LogP) is 1.29. The smallest absolute Gasteiger partial charge is 0.261 e. The molecule has 1 heterocycles. The summed E-state index contributed by atoms with van der Waals surface area (Å²) in [6, 6.07) is 4.32. The van der Waals surface area contributed by atoms with Gasteiger partial charge in [-0.05, 0) is 12.1 Å². The number of rotatable bonds is 1. The summed E-state index contributed by atoms with van der Waals surface area (Å²) in [6.07, 6.45) is 0. The summed E-state index contributed by atoms with van der Waals surface area (Å²) in [7, 11) is 0. The minimum Gasteiger partial charge on any atom is -0.507 e. The van der Waals surface area contributed by atoms with Crippen molar-refractivity contribution < 1.29 is 15.0 Å². The number of amides is 1. The van der Waals surface area contributed by atoms with E-state index in [2.05, 4.69) is 0 Å². The number of aromatic hydroxyl groups is 2. The first-order valence-electron chi connectivity index (χ1n) is 5.08. The summed E-state index contributed by atoms with van der Waals surface area (Å²) in [5, 5.41) is 19.2. The predicted molar refractivity (Wildman–Crippen MR) is 63.0 cm³/mol. The van der Waals surface area contributed by atoms with Gasteiger partial charge in [-0.25, -0.2) is 0 Å². The van der Waals surface area contributed by atoms with Crippen LogP contribution in [-0.4, -0.2) is 45.6 Å². The van der Waals surface area contributed by atoms with Crippen molar-refractivity contribution in [2.24, 2.45) is 0 Å². The number of thioether (sulfide) groups is 1. The summed E-state index contributed by atoms with van der Waals surface area (Å²) < 4.78 is 0. The van der Waals surface area contributed by atoms with Gasteiger partial charge in [-0.1, -0.05) is 6.07 Å². The summed E-state index contributed by atoms with van der Waals surface area (Å²) >= 11 is 1.80. The van der Waals surface area contributed by atoms with Crippen LogP contribution in [0.2, 0.25) is 0 Å². The van der Waals surface area contributed by atoms with Crippen LogP contribution in [0.5, 0.6) is 11.5 Å². The van der Waals surface area contributed by atoms with Gasteiger partial charge in [0.1, 0.15) is 17.1 Å². The number of carbonyl (C=O) groups excluding carboxylic acids is 1. The third-order valence-corrected chi connectivity index (χ3v) is 3.48. The normalized spacial score (nSPS) is 16.1. The molecular weight excluding hydrogens is 226 g/mol. The molecule has 1 fully saturated rings. The highest BCUT2D eigenvalue weighted by Crippen LogP contribution is 2.28. The number of hydrogen-bond acceptors (Lipinski definition) is 4. The van der Waals surface area contributed by atoms with Crippen LogP contribution in [0.3, 0.4) is 0 Å². The van der Waals surface area contributed by atoms with Crippen LogP contribution in [-0.2, 0) is 0 Å². The second kappa shape index (κ2) is 4.65. The molecule has 1 aliphatic rings. The van der Waals surface area contributed by atoms with Gasteiger partial charge in [-0.3, -0.25) is 4.79 Å². The van der Waals surface area contributed by atoms with Gasteiger partial charge < -0.3 is 15.1 Å². The lowest BCUT2D eigenvalue weighted by molar-refractivity contribution is 0.0766. The van der Waals surface area contributed by atoms with E-state index in [1.807, 2.05) is 0 Å². The van der Waals surface area contributed by atoms with E-state index in [9.17, 15) is 15.0 Å². The van der Waals surface area contributed by atoms with Crippen LogP contribution < -0.4 is 0 Å². The van der Waals surface area contributed by atoms with Gasteiger partial charge in [0, 0.05) is 24.6 Å². The van der Waals surface area contributed by atoms with E-state index < -0.39 is 0 Å². The van der Waals surface area contributed by atoms with Crippen LogP contribution in [0.15, 0.2) is 18.2 Å². The molecule has 1 aromatic carbocycles. The standard InChI is InChI=1S/C11H13NO3S/c13-8-2-1-3-9(14)10(8)11(15)12-4-6-16-7-5-12/h1-3,13-14H,4-7H2. The zero-order chi connectivity index (χ0) is 11.5. The summed E-state index contributed by atoms with van der Waals surface area (Å²) in [4.78, 5) is 13.7. The Hall–Kier alpha value is -1.36. The lowest BCUT2D eigenvalue weighted by atomic mass is 10.1. The van der Waals surface area contributed by atoms with E-state index in [-0.39, 0.29) is 23.0 Å². The molecule has 2 rings (SSSR count). The largest absolute Gasteiger partial charge is 0.507 e. The third-order valence-electron chi connectivity index (χ3n) is 2.53. The Morgan fingerprint density at radius 2 is 1.75 bits per heavy atom. The Bertz CT molecular complexity index is 382. The fraction of sp³-hybridized carbons (Fsp3) is 0.364. The van der Waals surface area contributed by atoms with Crippen LogP contribution >= 0.6 is 11.8 Å². The first kappa shape index (κ1) is 11.1. The zero-order valence-electron chi connectivity index (χ0n) is 8.72. The van der Waals surface area contributed by atoms with Crippen molar-refractivity contribution in [2.75, 3.05) is 24.6 Å². The molecule has 1 aromatic rings. The van der Waals surface area contributed by atoms with Gasteiger partial charge in [0.05, 0.1) is 0 Å². The minimum atomic E-state index is -0.295. The van der Waals surface area contributed by atoms with E-state index in [4.69, 9.17) is 0 Å². The van der Waals surface area contributed by atoms with E-state index in [1.54, 1.807) is 16.7 Å². The van der Waals surface area contributed by atoms with Crippen molar-refractivity contribution in [3.05, 3.63) is 23.8 Å². The number of nitrogens with zero attached hydrogens (tertiary/aromatic N) is 1. The molecule has 5 heteroatoms. The Kier molecular flexibility index (Phi) is 3.24. The molecule has 4 nitrogen and oxygen atoms in total. The molecule has 0 aliphatic carbocycles. The molecule has 0 radical (unpaired) electrons. The first-order valence-corrected chi connectivity index (χ1v) is 6.23. The Balaban J connectivity index is 2.26. The molecule has 0 spiro atoms. The maximum atomic E-state index is 12.0. The zero-order valence-corrected chi connectivity index (χ0v) is 9.54.